The van der Waals surface area contributed by atoms with Crippen LogP contribution in [0.2, 0.25) is 0 Å². The maximum absolute atomic E-state index is 13.1. The first-order valence-corrected chi connectivity index (χ1v) is 7.95. The van der Waals surface area contributed by atoms with E-state index in [1.165, 1.54) is 0 Å². The Hall–Kier alpha value is -2.49. The van der Waals surface area contributed by atoms with E-state index in [2.05, 4.69) is 6.92 Å². The van der Waals surface area contributed by atoms with Gasteiger partial charge in [-0.25, -0.2) is 0 Å². The second-order valence-electron chi connectivity index (χ2n) is 5.98. The number of hydrogen-bond donors (Lipinski definition) is 0. The number of anilines is 2. The van der Waals surface area contributed by atoms with Gasteiger partial charge in [-0.3, -0.25) is 4.79 Å². The van der Waals surface area contributed by atoms with E-state index in [4.69, 9.17) is 4.74 Å². The molecule has 0 bridgehead atoms. The average Bonchev–Trinajstić information content (AvgIpc) is 2.60. The summed E-state index contributed by atoms with van der Waals surface area (Å²) in [5, 5.41) is 0. The molecule has 2 aromatic carbocycles. The molecule has 0 aromatic heterocycles. The highest BCUT2D eigenvalue weighted by molar-refractivity contribution is 6.07. The SMILES string of the molecule is CCC1CN(C(=O)c2cccc(N(C)C)c2)c2ccccc2O1. The van der Waals surface area contributed by atoms with E-state index in [-0.39, 0.29) is 12.0 Å². The molecule has 0 saturated carbocycles. The summed E-state index contributed by atoms with van der Waals surface area (Å²) in [5.74, 6) is 0.797. The van der Waals surface area contributed by atoms with E-state index in [0.29, 0.717) is 12.1 Å². The van der Waals surface area contributed by atoms with E-state index in [1.54, 1.807) is 0 Å². The van der Waals surface area contributed by atoms with Crippen LogP contribution in [0.3, 0.4) is 0 Å². The first-order valence-electron chi connectivity index (χ1n) is 7.95. The molecular weight excluding hydrogens is 288 g/mol. The summed E-state index contributed by atoms with van der Waals surface area (Å²) in [5.41, 5.74) is 2.56. The lowest BCUT2D eigenvalue weighted by molar-refractivity contribution is 0.0954. The van der Waals surface area contributed by atoms with Crippen molar-refractivity contribution in [1.82, 2.24) is 0 Å². The van der Waals surface area contributed by atoms with Gasteiger partial charge in [-0.1, -0.05) is 25.1 Å². The van der Waals surface area contributed by atoms with Crippen molar-refractivity contribution in [1.29, 1.82) is 0 Å². The molecule has 0 spiro atoms. The molecule has 1 aliphatic rings. The van der Waals surface area contributed by atoms with Crippen LogP contribution in [0.15, 0.2) is 48.5 Å². The van der Waals surface area contributed by atoms with Gasteiger partial charge in [-0.2, -0.15) is 0 Å². The first-order chi connectivity index (χ1) is 11.1. The minimum atomic E-state index is 0.0166. The number of para-hydroxylation sites is 2. The zero-order valence-electron chi connectivity index (χ0n) is 13.8. The number of amides is 1. The topological polar surface area (TPSA) is 32.8 Å². The van der Waals surface area contributed by atoms with Gasteiger partial charge in [0.15, 0.2) is 0 Å². The van der Waals surface area contributed by atoms with Gasteiger partial charge in [0.05, 0.1) is 12.2 Å². The van der Waals surface area contributed by atoms with Crippen molar-refractivity contribution in [2.45, 2.75) is 19.4 Å². The lowest BCUT2D eigenvalue weighted by atomic mass is 10.1. The minimum Gasteiger partial charge on any atom is -0.486 e. The van der Waals surface area contributed by atoms with Crippen molar-refractivity contribution < 1.29 is 9.53 Å². The molecule has 0 fully saturated rings. The summed E-state index contributed by atoms with van der Waals surface area (Å²) in [6.07, 6.45) is 0.904. The Balaban J connectivity index is 1.97. The molecular formula is C19H22N2O2. The zero-order chi connectivity index (χ0) is 16.4. The Morgan fingerprint density at radius 3 is 2.74 bits per heavy atom. The molecule has 0 saturated heterocycles. The summed E-state index contributed by atoms with van der Waals surface area (Å²) < 4.78 is 5.96. The molecule has 0 N–H and O–H groups in total. The number of nitrogens with zero attached hydrogens (tertiary/aromatic N) is 2. The predicted molar refractivity (Wildman–Crippen MR) is 93.6 cm³/mol. The van der Waals surface area contributed by atoms with E-state index in [9.17, 15) is 4.79 Å². The highest BCUT2D eigenvalue weighted by Crippen LogP contribution is 2.34. The van der Waals surface area contributed by atoms with Gasteiger partial charge < -0.3 is 14.5 Å². The number of carbonyl (C=O) groups is 1. The molecule has 23 heavy (non-hydrogen) atoms. The number of ether oxygens (including phenoxy) is 1. The average molecular weight is 310 g/mol. The van der Waals surface area contributed by atoms with Gasteiger partial charge in [0.25, 0.3) is 5.91 Å². The van der Waals surface area contributed by atoms with E-state index < -0.39 is 0 Å². The van der Waals surface area contributed by atoms with E-state index in [1.807, 2.05) is 72.4 Å². The Morgan fingerprint density at radius 1 is 1.22 bits per heavy atom. The normalized spacial score (nSPS) is 16.5. The molecule has 1 amide bonds. The Morgan fingerprint density at radius 2 is 2.00 bits per heavy atom. The number of fused-ring (bicyclic) bond motifs is 1. The summed E-state index contributed by atoms with van der Waals surface area (Å²) in [7, 11) is 3.95. The van der Waals surface area contributed by atoms with Gasteiger partial charge in [0.1, 0.15) is 11.9 Å². The number of hydrogen-bond acceptors (Lipinski definition) is 3. The summed E-state index contributed by atoms with van der Waals surface area (Å²) >= 11 is 0. The largest absolute Gasteiger partial charge is 0.486 e. The second kappa shape index (κ2) is 6.32. The maximum Gasteiger partial charge on any atom is 0.258 e. The fourth-order valence-corrected chi connectivity index (χ4v) is 2.78. The van der Waals surface area contributed by atoms with Crippen molar-refractivity contribution >= 4 is 17.3 Å². The van der Waals surface area contributed by atoms with Crippen molar-refractivity contribution in [3.8, 4) is 5.75 Å². The molecule has 120 valence electrons. The molecule has 4 heteroatoms. The summed E-state index contributed by atoms with van der Waals surface area (Å²) in [6, 6.07) is 15.5. The molecule has 1 atom stereocenters. The van der Waals surface area contributed by atoms with Crippen molar-refractivity contribution in [2.75, 3.05) is 30.4 Å². The number of carbonyl (C=O) groups excluding carboxylic acids is 1. The first kappa shape index (κ1) is 15.4. The van der Waals surface area contributed by atoms with Crippen molar-refractivity contribution in [3.05, 3.63) is 54.1 Å². The predicted octanol–water partition coefficient (Wildman–Crippen LogP) is 3.57. The molecule has 1 aliphatic heterocycles. The van der Waals surface area contributed by atoms with Gasteiger partial charge in [0.2, 0.25) is 0 Å². The Kier molecular flexibility index (Phi) is 4.24. The van der Waals surface area contributed by atoms with E-state index in [0.717, 1.165) is 23.5 Å². The molecule has 1 unspecified atom stereocenters. The zero-order valence-corrected chi connectivity index (χ0v) is 13.8. The molecule has 4 nitrogen and oxygen atoms in total. The summed E-state index contributed by atoms with van der Waals surface area (Å²) in [4.78, 5) is 16.9. The van der Waals surface area contributed by atoms with Gasteiger partial charge >= 0.3 is 0 Å². The van der Waals surface area contributed by atoms with Crippen LogP contribution in [0.4, 0.5) is 11.4 Å². The lowest BCUT2D eigenvalue weighted by Crippen LogP contribution is -2.43. The van der Waals surface area contributed by atoms with Crippen LogP contribution in [-0.4, -0.2) is 32.7 Å². The van der Waals surface area contributed by atoms with Crippen molar-refractivity contribution in [3.63, 3.8) is 0 Å². The molecule has 2 aromatic rings. The standard InChI is InChI=1S/C19H22N2O2/c1-4-16-13-21(17-10-5-6-11-18(17)23-16)19(22)14-8-7-9-15(12-14)20(2)3/h5-12,16H,4,13H2,1-3H3. The Labute approximate surface area is 137 Å². The highest BCUT2D eigenvalue weighted by Gasteiger charge is 2.29. The third-order valence-electron chi connectivity index (χ3n) is 4.15. The van der Waals surface area contributed by atoms with Crippen LogP contribution in [0.1, 0.15) is 23.7 Å². The quantitative estimate of drug-likeness (QED) is 0.869. The van der Waals surface area contributed by atoms with Gasteiger partial charge in [0, 0.05) is 25.3 Å². The smallest absolute Gasteiger partial charge is 0.258 e. The number of benzene rings is 2. The van der Waals surface area contributed by atoms with Crippen LogP contribution in [0.25, 0.3) is 0 Å². The highest BCUT2D eigenvalue weighted by atomic mass is 16.5. The van der Waals surface area contributed by atoms with Crippen molar-refractivity contribution in [2.24, 2.45) is 0 Å². The van der Waals surface area contributed by atoms with Crippen LogP contribution in [0, 0.1) is 0 Å². The molecule has 1 heterocycles. The van der Waals surface area contributed by atoms with Crippen LogP contribution in [0.5, 0.6) is 5.75 Å². The lowest BCUT2D eigenvalue weighted by Gasteiger charge is -2.34. The van der Waals surface area contributed by atoms with Crippen LogP contribution >= 0.6 is 0 Å². The maximum atomic E-state index is 13.1. The van der Waals surface area contributed by atoms with E-state index >= 15 is 0 Å². The fraction of sp³-hybridized carbons (Fsp3) is 0.316. The molecule has 0 aliphatic carbocycles. The summed E-state index contributed by atoms with van der Waals surface area (Å²) in [6.45, 7) is 2.66. The fourth-order valence-electron chi connectivity index (χ4n) is 2.78. The second-order valence-corrected chi connectivity index (χ2v) is 5.98. The number of rotatable bonds is 3. The molecule has 3 rings (SSSR count). The van der Waals surface area contributed by atoms with Crippen LogP contribution in [-0.2, 0) is 0 Å². The Bertz CT molecular complexity index is 712. The van der Waals surface area contributed by atoms with Gasteiger partial charge in [-0.15, -0.1) is 0 Å². The van der Waals surface area contributed by atoms with Crippen LogP contribution < -0.4 is 14.5 Å². The monoisotopic (exact) mass is 310 g/mol. The van der Waals surface area contributed by atoms with Gasteiger partial charge in [-0.05, 0) is 36.8 Å². The molecule has 0 radical (unpaired) electrons. The third-order valence-corrected chi connectivity index (χ3v) is 4.15. The minimum absolute atomic E-state index is 0.0166. The third kappa shape index (κ3) is 3.02.